The van der Waals surface area contributed by atoms with E-state index in [1.54, 1.807) is 12.1 Å². The van der Waals surface area contributed by atoms with Gasteiger partial charge in [-0.25, -0.2) is 4.79 Å². The Morgan fingerprint density at radius 3 is 2.64 bits per heavy atom. The van der Waals surface area contributed by atoms with Crippen molar-refractivity contribution in [1.29, 1.82) is 0 Å². The molecule has 0 aliphatic rings. The smallest absolute Gasteiger partial charge is 0.387 e. The number of carboxylic acid groups (broad SMARTS) is 1. The van der Waals surface area contributed by atoms with E-state index in [0.29, 0.717) is 6.42 Å². The fourth-order valence-electron chi connectivity index (χ4n) is 1.82. The van der Waals surface area contributed by atoms with Gasteiger partial charge in [-0.05, 0) is 18.9 Å². The van der Waals surface area contributed by atoms with E-state index < -0.39 is 24.5 Å². The van der Waals surface area contributed by atoms with Crippen molar-refractivity contribution in [3.63, 3.8) is 0 Å². The third-order valence-corrected chi connectivity index (χ3v) is 2.83. The van der Waals surface area contributed by atoms with Crippen LogP contribution in [0.25, 0.3) is 0 Å². The number of carbonyl (C=O) groups excluding carboxylic acids is 1. The highest BCUT2D eigenvalue weighted by Gasteiger charge is 2.20. The second-order valence-corrected chi connectivity index (χ2v) is 4.49. The van der Waals surface area contributed by atoms with Crippen LogP contribution in [0.15, 0.2) is 36.9 Å². The first-order chi connectivity index (χ1) is 10.4. The standard InChI is InChI=1S/C15H17F2NO4/c1-2-3-7-11(14(20)21)18-13(19)9-10-6-4-5-8-12(10)22-15(16)17/h2,4-6,8,11,15H,1,3,7,9H2,(H,18,19)(H,20,21). The molecule has 0 heterocycles. The van der Waals surface area contributed by atoms with Gasteiger partial charge in [0, 0.05) is 5.56 Å². The van der Waals surface area contributed by atoms with Gasteiger partial charge in [0.1, 0.15) is 11.8 Å². The van der Waals surface area contributed by atoms with Crippen molar-refractivity contribution in [2.45, 2.75) is 31.9 Å². The molecule has 7 heteroatoms. The van der Waals surface area contributed by atoms with Crippen molar-refractivity contribution >= 4 is 11.9 Å². The molecule has 0 radical (unpaired) electrons. The van der Waals surface area contributed by atoms with Crippen LogP contribution >= 0.6 is 0 Å². The Labute approximate surface area is 126 Å². The lowest BCUT2D eigenvalue weighted by molar-refractivity contribution is -0.141. The van der Waals surface area contributed by atoms with Crippen molar-refractivity contribution < 1.29 is 28.2 Å². The average Bonchev–Trinajstić information content (AvgIpc) is 2.44. The molecule has 0 spiro atoms. The highest BCUT2D eigenvalue weighted by Crippen LogP contribution is 2.20. The number of alkyl halides is 2. The Balaban J connectivity index is 2.71. The second-order valence-electron chi connectivity index (χ2n) is 4.49. The van der Waals surface area contributed by atoms with Gasteiger partial charge in [0.25, 0.3) is 0 Å². The summed E-state index contributed by atoms with van der Waals surface area (Å²) in [4.78, 5) is 22.9. The predicted molar refractivity (Wildman–Crippen MR) is 75.8 cm³/mol. The van der Waals surface area contributed by atoms with Crippen LogP contribution in [0.1, 0.15) is 18.4 Å². The summed E-state index contributed by atoms with van der Waals surface area (Å²) in [5.74, 6) is -1.85. The van der Waals surface area contributed by atoms with Crippen LogP contribution in [0.3, 0.4) is 0 Å². The molecule has 120 valence electrons. The fourth-order valence-corrected chi connectivity index (χ4v) is 1.82. The molecule has 0 saturated heterocycles. The zero-order valence-electron chi connectivity index (χ0n) is 11.8. The number of carboxylic acids is 1. The lowest BCUT2D eigenvalue weighted by Crippen LogP contribution is -2.41. The lowest BCUT2D eigenvalue weighted by Gasteiger charge is -2.15. The quantitative estimate of drug-likeness (QED) is 0.686. The first-order valence-electron chi connectivity index (χ1n) is 6.59. The number of carbonyl (C=O) groups is 2. The van der Waals surface area contributed by atoms with Crippen LogP contribution < -0.4 is 10.1 Å². The number of ether oxygens (including phenoxy) is 1. The van der Waals surface area contributed by atoms with Crippen molar-refractivity contribution in [2.75, 3.05) is 0 Å². The topological polar surface area (TPSA) is 75.6 Å². The van der Waals surface area contributed by atoms with Crippen molar-refractivity contribution in [3.05, 3.63) is 42.5 Å². The maximum absolute atomic E-state index is 12.3. The maximum atomic E-state index is 12.3. The Kier molecular flexibility index (Phi) is 7.01. The summed E-state index contributed by atoms with van der Waals surface area (Å²) >= 11 is 0. The van der Waals surface area contributed by atoms with E-state index in [9.17, 15) is 18.4 Å². The van der Waals surface area contributed by atoms with Crippen LogP contribution in [0, 0.1) is 0 Å². The Hall–Kier alpha value is -2.44. The summed E-state index contributed by atoms with van der Waals surface area (Å²) in [7, 11) is 0. The normalized spacial score (nSPS) is 11.8. The Morgan fingerprint density at radius 2 is 2.05 bits per heavy atom. The number of benzene rings is 1. The number of amides is 1. The molecule has 0 aliphatic carbocycles. The maximum Gasteiger partial charge on any atom is 0.387 e. The molecule has 0 bridgehead atoms. The van der Waals surface area contributed by atoms with Gasteiger partial charge in [-0.2, -0.15) is 8.78 Å². The van der Waals surface area contributed by atoms with E-state index in [1.807, 2.05) is 0 Å². The van der Waals surface area contributed by atoms with Gasteiger partial charge < -0.3 is 15.2 Å². The molecule has 0 saturated carbocycles. The van der Waals surface area contributed by atoms with E-state index in [1.165, 1.54) is 18.2 Å². The van der Waals surface area contributed by atoms with Gasteiger partial charge in [0.15, 0.2) is 0 Å². The summed E-state index contributed by atoms with van der Waals surface area (Å²) < 4.78 is 28.9. The van der Waals surface area contributed by atoms with Crippen LogP contribution in [0.4, 0.5) is 8.78 Å². The molecular formula is C15H17F2NO4. The van der Waals surface area contributed by atoms with Gasteiger partial charge in [-0.3, -0.25) is 4.79 Å². The molecule has 1 amide bonds. The van der Waals surface area contributed by atoms with Crippen molar-refractivity contribution in [2.24, 2.45) is 0 Å². The van der Waals surface area contributed by atoms with Crippen LogP contribution in [0.5, 0.6) is 5.75 Å². The summed E-state index contributed by atoms with van der Waals surface area (Å²) in [6, 6.07) is 4.82. The first kappa shape index (κ1) is 17.6. The first-order valence-corrected chi connectivity index (χ1v) is 6.59. The molecule has 1 aromatic carbocycles. The van der Waals surface area contributed by atoms with Gasteiger partial charge in [0.05, 0.1) is 6.42 Å². The summed E-state index contributed by atoms with van der Waals surface area (Å²) in [5.41, 5.74) is 0.258. The molecule has 22 heavy (non-hydrogen) atoms. The van der Waals surface area contributed by atoms with Crippen molar-refractivity contribution in [3.8, 4) is 5.75 Å². The number of aliphatic carboxylic acids is 1. The lowest BCUT2D eigenvalue weighted by atomic mass is 10.1. The van der Waals surface area contributed by atoms with E-state index in [-0.39, 0.29) is 24.2 Å². The largest absolute Gasteiger partial charge is 0.480 e. The van der Waals surface area contributed by atoms with E-state index in [0.717, 1.165) is 0 Å². The molecule has 5 nitrogen and oxygen atoms in total. The number of hydrogen-bond donors (Lipinski definition) is 2. The van der Waals surface area contributed by atoms with Gasteiger partial charge in [-0.1, -0.05) is 24.3 Å². The summed E-state index contributed by atoms with van der Waals surface area (Å²) in [6.45, 7) is 0.488. The molecule has 0 fully saturated rings. The average molecular weight is 313 g/mol. The Bertz CT molecular complexity index is 534. The van der Waals surface area contributed by atoms with Gasteiger partial charge in [-0.15, -0.1) is 6.58 Å². The molecule has 1 unspecified atom stereocenters. The number of allylic oxidation sites excluding steroid dienone is 1. The van der Waals surface area contributed by atoms with Gasteiger partial charge >= 0.3 is 12.6 Å². The van der Waals surface area contributed by atoms with Crippen LogP contribution in [0.2, 0.25) is 0 Å². The minimum atomic E-state index is -3.00. The zero-order chi connectivity index (χ0) is 16.5. The third kappa shape index (κ3) is 5.90. The SMILES string of the molecule is C=CCCC(NC(=O)Cc1ccccc1OC(F)F)C(=O)O. The van der Waals surface area contributed by atoms with E-state index in [4.69, 9.17) is 5.11 Å². The minimum absolute atomic E-state index is 0.106. The summed E-state index contributed by atoms with van der Waals surface area (Å²) in [6.07, 6.45) is 1.94. The van der Waals surface area contributed by atoms with Crippen molar-refractivity contribution in [1.82, 2.24) is 5.32 Å². The monoisotopic (exact) mass is 313 g/mol. The molecule has 0 aromatic heterocycles. The van der Waals surface area contributed by atoms with Crippen LogP contribution in [-0.4, -0.2) is 29.6 Å². The third-order valence-electron chi connectivity index (χ3n) is 2.83. The van der Waals surface area contributed by atoms with Crippen LogP contribution in [-0.2, 0) is 16.0 Å². The molecule has 0 aliphatic heterocycles. The zero-order valence-corrected chi connectivity index (χ0v) is 11.8. The Morgan fingerprint density at radius 1 is 1.36 bits per heavy atom. The molecule has 1 atom stereocenters. The number of nitrogens with one attached hydrogen (secondary N) is 1. The number of halogens is 2. The second kappa shape index (κ2) is 8.76. The highest BCUT2D eigenvalue weighted by molar-refractivity contribution is 5.85. The predicted octanol–water partition coefficient (Wildman–Crippen LogP) is 2.37. The van der Waals surface area contributed by atoms with E-state index in [2.05, 4.69) is 16.6 Å². The fraction of sp³-hybridized carbons (Fsp3) is 0.333. The highest BCUT2D eigenvalue weighted by atomic mass is 19.3. The number of hydrogen-bond acceptors (Lipinski definition) is 3. The number of para-hydroxylation sites is 1. The minimum Gasteiger partial charge on any atom is -0.480 e. The molecule has 1 aromatic rings. The van der Waals surface area contributed by atoms with E-state index >= 15 is 0 Å². The van der Waals surface area contributed by atoms with Gasteiger partial charge in [0.2, 0.25) is 5.91 Å². The summed E-state index contributed by atoms with van der Waals surface area (Å²) in [5, 5.41) is 11.4. The molecular weight excluding hydrogens is 296 g/mol. The molecule has 1 rings (SSSR count). The molecule has 2 N–H and O–H groups in total. The number of rotatable bonds is 9.